The molecule has 1 aromatic heterocycles. The molecule has 0 atom stereocenters. The van der Waals surface area contributed by atoms with Crippen molar-refractivity contribution in [2.45, 2.75) is 5.75 Å². The molecule has 16 heavy (non-hydrogen) atoms. The van der Waals surface area contributed by atoms with Gasteiger partial charge < -0.3 is 0 Å². The van der Waals surface area contributed by atoms with Crippen molar-refractivity contribution in [2.75, 3.05) is 0 Å². The van der Waals surface area contributed by atoms with E-state index in [1.807, 2.05) is 30.3 Å². The average molecular weight is 256 g/mol. The van der Waals surface area contributed by atoms with E-state index in [-0.39, 0.29) is 0 Å². The molecule has 0 N–H and O–H groups in total. The molecular weight excluding hydrogens is 247 g/mol. The Morgan fingerprint density at radius 1 is 1.06 bits per heavy atom. The highest BCUT2D eigenvalue weighted by molar-refractivity contribution is 7.85. The fourth-order valence-corrected chi connectivity index (χ4v) is 3.29. The van der Waals surface area contributed by atoms with Crippen molar-refractivity contribution in [3.63, 3.8) is 0 Å². The monoisotopic (exact) mass is 256 g/mol. The third kappa shape index (κ3) is 2.90. The molecule has 0 unspecified atom stereocenters. The molecule has 0 fully saturated rings. The van der Waals surface area contributed by atoms with Gasteiger partial charge in [-0.05, 0) is 17.7 Å². The van der Waals surface area contributed by atoms with E-state index in [9.17, 15) is 12.3 Å². The van der Waals surface area contributed by atoms with Crippen LogP contribution in [-0.4, -0.2) is 8.42 Å². The molecule has 84 valence electrons. The zero-order valence-corrected chi connectivity index (χ0v) is 9.89. The zero-order valence-electron chi connectivity index (χ0n) is 8.26. The molecular formula is C11H9FO2S2. The Kier molecular flexibility index (Phi) is 3.07. The summed E-state index contributed by atoms with van der Waals surface area (Å²) in [5.74, 6) is -0.537. The SMILES string of the molecule is O=S(=O)(F)Cc1ccc(-c2ccccc2)s1. The van der Waals surface area contributed by atoms with Crippen LogP contribution in [0.1, 0.15) is 4.88 Å². The number of hydrogen-bond acceptors (Lipinski definition) is 3. The Bertz CT molecular complexity index is 573. The molecule has 2 nitrogen and oxygen atoms in total. The van der Waals surface area contributed by atoms with Crippen LogP contribution in [0, 0.1) is 0 Å². The summed E-state index contributed by atoms with van der Waals surface area (Å²) in [6.07, 6.45) is 0. The number of halogens is 1. The van der Waals surface area contributed by atoms with E-state index in [1.165, 1.54) is 11.3 Å². The van der Waals surface area contributed by atoms with Gasteiger partial charge in [0.2, 0.25) is 0 Å². The first kappa shape index (κ1) is 11.3. The van der Waals surface area contributed by atoms with Crippen LogP contribution in [-0.2, 0) is 16.0 Å². The second kappa shape index (κ2) is 4.35. The molecule has 0 aliphatic heterocycles. The summed E-state index contributed by atoms with van der Waals surface area (Å²) >= 11 is 1.29. The predicted octanol–water partition coefficient (Wildman–Crippen LogP) is 3.21. The summed E-state index contributed by atoms with van der Waals surface area (Å²) in [7, 11) is -4.44. The van der Waals surface area contributed by atoms with Gasteiger partial charge in [-0.25, -0.2) is 0 Å². The minimum atomic E-state index is -4.44. The highest BCUT2D eigenvalue weighted by atomic mass is 32.3. The Balaban J connectivity index is 2.27. The van der Waals surface area contributed by atoms with Crippen LogP contribution in [0.2, 0.25) is 0 Å². The lowest BCUT2D eigenvalue weighted by molar-refractivity contribution is 0.551. The van der Waals surface area contributed by atoms with Crippen molar-refractivity contribution in [1.82, 2.24) is 0 Å². The molecule has 5 heteroatoms. The molecule has 1 aromatic carbocycles. The minimum Gasteiger partial charge on any atom is -0.194 e. The second-order valence-corrected chi connectivity index (χ2v) is 5.85. The van der Waals surface area contributed by atoms with Crippen molar-refractivity contribution in [3.8, 4) is 10.4 Å². The van der Waals surface area contributed by atoms with Crippen LogP contribution in [0.15, 0.2) is 42.5 Å². The van der Waals surface area contributed by atoms with Crippen LogP contribution < -0.4 is 0 Å². The lowest BCUT2D eigenvalue weighted by Crippen LogP contribution is -1.92. The maximum Gasteiger partial charge on any atom is 0.307 e. The van der Waals surface area contributed by atoms with E-state index in [0.29, 0.717) is 4.88 Å². The Morgan fingerprint density at radius 3 is 2.38 bits per heavy atom. The van der Waals surface area contributed by atoms with Gasteiger partial charge in [0.25, 0.3) is 0 Å². The molecule has 2 aromatic rings. The van der Waals surface area contributed by atoms with Crippen molar-refractivity contribution >= 4 is 21.6 Å². The van der Waals surface area contributed by atoms with Gasteiger partial charge in [-0.3, -0.25) is 0 Å². The third-order valence-electron chi connectivity index (χ3n) is 2.03. The van der Waals surface area contributed by atoms with E-state index in [0.717, 1.165) is 10.4 Å². The van der Waals surface area contributed by atoms with E-state index in [4.69, 9.17) is 0 Å². The molecule has 0 aliphatic carbocycles. The highest BCUT2D eigenvalue weighted by Gasteiger charge is 2.11. The van der Waals surface area contributed by atoms with Crippen LogP contribution >= 0.6 is 11.3 Å². The summed E-state index contributed by atoms with van der Waals surface area (Å²) in [6.45, 7) is 0. The van der Waals surface area contributed by atoms with Crippen molar-refractivity contribution in [1.29, 1.82) is 0 Å². The Morgan fingerprint density at radius 2 is 1.75 bits per heavy atom. The van der Waals surface area contributed by atoms with Gasteiger partial charge in [0, 0.05) is 9.75 Å². The zero-order chi connectivity index (χ0) is 11.6. The Hall–Kier alpha value is -1.20. The van der Waals surface area contributed by atoms with E-state index >= 15 is 0 Å². The quantitative estimate of drug-likeness (QED) is 0.790. The minimum absolute atomic E-state index is 0.515. The third-order valence-corrected chi connectivity index (χ3v) is 4.01. The predicted molar refractivity (Wildman–Crippen MR) is 63.5 cm³/mol. The smallest absolute Gasteiger partial charge is 0.194 e. The molecule has 0 amide bonds. The summed E-state index contributed by atoms with van der Waals surface area (Å²) in [5, 5.41) is 0. The molecule has 0 aliphatic rings. The summed E-state index contributed by atoms with van der Waals surface area (Å²) in [5.41, 5.74) is 1.01. The average Bonchev–Trinajstić information content (AvgIpc) is 2.65. The molecule has 0 radical (unpaired) electrons. The van der Waals surface area contributed by atoms with Crippen LogP contribution in [0.5, 0.6) is 0 Å². The van der Waals surface area contributed by atoms with Crippen LogP contribution in [0.25, 0.3) is 10.4 Å². The molecule has 0 saturated heterocycles. The van der Waals surface area contributed by atoms with Gasteiger partial charge in [-0.15, -0.1) is 15.2 Å². The number of rotatable bonds is 3. The van der Waals surface area contributed by atoms with E-state index in [1.54, 1.807) is 12.1 Å². The summed E-state index contributed by atoms with van der Waals surface area (Å²) in [6, 6.07) is 13.0. The maximum absolute atomic E-state index is 12.5. The summed E-state index contributed by atoms with van der Waals surface area (Å²) in [4.78, 5) is 1.46. The number of benzene rings is 1. The maximum atomic E-state index is 12.5. The molecule has 0 saturated carbocycles. The van der Waals surface area contributed by atoms with E-state index < -0.39 is 16.0 Å². The summed E-state index contributed by atoms with van der Waals surface area (Å²) < 4.78 is 33.4. The van der Waals surface area contributed by atoms with Gasteiger partial charge in [0.05, 0.1) is 0 Å². The fraction of sp³-hybridized carbons (Fsp3) is 0.0909. The second-order valence-electron chi connectivity index (χ2n) is 3.32. The van der Waals surface area contributed by atoms with Crippen molar-refractivity contribution in [2.24, 2.45) is 0 Å². The van der Waals surface area contributed by atoms with Gasteiger partial charge >= 0.3 is 10.2 Å². The van der Waals surface area contributed by atoms with Crippen LogP contribution in [0.4, 0.5) is 3.89 Å². The number of hydrogen-bond donors (Lipinski definition) is 0. The van der Waals surface area contributed by atoms with Gasteiger partial charge in [-0.2, -0.15) is 8.42 Å². The standard InChI is InChI=1S/C11H9FO2S2/c12-16(13,14)8-10-6-7-11(15-10)9-4-2-1-3-5-9/h1-7H,8H2. The first-order chi connectivity index (χ1) is 7.54. The lowest BCUT2D eigenvalue weighted by atomic mass is 10.2. The van der Waals surface area contributed by atoms with Gasteiger partial charge in [0.1, 0.15) is 5.75 Å². The van der Waals surface area contributed by atoms with Crippen molar-refractivity contribution < 1.29 is 12.3 Å². The van der Waals surface area contributed by atoms with Crippen molar-refractivity contribution in [3.05, 3.63) is 47.3 Å². The molecule has 0 bridgehead atoms. The van der Waals surface area contributed by atoms with E-state index in [2.05, 4.69) is 0 Å². The highest BCUT2D eigenvalue weighted by Crippen LogP contribution is 2.28. The lowest BCUT2D eigenvalue weighted by Gasteiger charge is -1.94. The largest absolute Gasteiger partial charge is 0.307 e. The molecule has 2 rings (SSSR count). The van der Waals surface area contributed by atoms with Crippen LogP contribution in [0.3, 0.4) is 0 Å². The molecule has 0 spiro atoms. The number of thiophene rings is 1. The van der Waals surface area contributed by atoms with Gasteiger partial charge in [0.15, 0.2) is 0 Å². The van der Waals surface area contributed by atoms with Gasteiger partial charge in [-0.1, -0.05) is 30.3 Å². The first-order valence-corrected chi connectivity index (χ1v) is 6.98. The first-order valence-electron chi connectivity index (χ1n) is 4.61. The Labute approximate surface area is 97.6 Å². The normalized spacial score (nSPS) is 11.6. The fourth-order valence-electron chi connectivity index (χ4n) is 1.38. The topological polar surface area (TPSA) is 34.1 Å². The molecule has 1 heterocycles.